The molecule has 2 N–H and O–H groups in total. The van der Waals surface area contributed by atoms with Crippen molar-refractivity contribution in [1.29, 1.82) is 0 Å². The van der Waals surface area contributed by atoms with E-state index in [9.17, 15) is 9.59 Å². The highest BCUT2D eigenvalue weighted by Gasteiger charge is 2.27. The number of hydrogen-bond donors (Lipinski definition) is 2. The maximum Gasteiger partial charge on any atom is 0.306 e. The highest BCUT2D eigenvalue weighted by molar-refractivity contribution is 5.87. The van der Waals surface area contributed by atoms with E-state index >= 15 is 0 Å². The van der Waals surface area contributed by atoms with E-state index in [0.29, 0.717) is 12.8 Å². The van der Waals surface area contributed by atoms with Gasteiger partial charge in [0, 0.05) is 12.8 Å². The van der Waals surface area contributed by atoms with E-state index in [2.05, 4.69) is 0 Å². The van der Waals surface area contributed by atoms with Crippen LogP contribution in [0.25, 0.3) is 0 Å². The normalized spacial score (nSPS) is 21.0. The van der Waals surface area contributed by atoms with Gasteiger partial charge in [-0.2, -0.15) is 0 Å². The van der Waals surface area contributed by atoms with Crippen LogP contribution in [0.15, 0.2) is 0 Å². The topological polar surface area (TPSA) is 91.7 Å². The van der Waals surface area contributed by atoms with Crippen LogP contribution in [0.4, 0.5) is 0 Å². The fourth-order valence-electron chi connectivity index (χ4n) is 1.02. The second-order valence-electron chi connectivity index (χ2n) is 2.42. The van der Waals surface area contributed by atoms with Crippen LogP contribution in [-0.4, -0.2) is 28.4 Å². The molecule has 1 aliphatic rings. The van der Waals surface area contributed by atoms with Crippen molar-refractivity contribution < 1.29 is 24.6 Å². The third-order valence-corrected chi connectivity index (χ3v) is 1.59. The Morgan fingerprint density at radius 2 is 2.08 bits per heavy atom. The van der Waals surface area contributed by atoms with Crippen molar-refractivity contribution >= 4 is 18.2 Å². The zero-order valence-corrected chi connectivity index (χ0v) is 6.40. The van der Waals surface area contributed by atoms with Gasteiger partial charge in [0.15, 0.2) is 0 Å². The first-order chi connectivity index (χ1) is 5.61. The van der Waals surface area contributed by atoms with Crippen molar-refractivity contribution in [3.63, 3.8) is 0 Å². The average molecular weight is 174 g/mol. The van der Waals surface area contributed by atoms with Crippen LogP contribution in [-0.2, 0) is 14.4 Å². The van der Waals surface area contributed by atoms with Crippen LogP contribution in [0.1, 0.15) is 19.3 Å². The fourth-order valence-corrected chi connectivity index (χ4v) is 1.02. The third kappa shape index (κ3) is 3.70. The van der Waals surface area contributed by atoms with Gasteiger partial charge in [0.1, 0.15) is 5.78 Å². The Kier molecular flexibility index (Phi) is 4.67. The van der Waals surface area contributed by atoms with E-state index in [1.807, 2.05) is 0 Å². The van der Waals surface area contributed by atoms with Crippen molar-refractivity contribution in [3.05, 3.63) is 0 Å². The van der Waals surface area contributed by atoms with Gasteiger partial charge in [-0.3, -0.25) is 14.4 Å². The molecule has 0 aliphatic heterocycles. The smallest absolute Gasteiger partial charge is 0.306 e. The van der Waals surface area contributed by atoms with Gasteiger partial charge in [-0.1, -0.05) is 0 Å². The predicted molar refractivity (Wildman–Crippen MR) is 38.7 cm³/mol. The van der Waals surface area contributed by atoms with Crippen molar-refractivity contribution in [1.82, 2.24) is 0 Å². The third-order valence-electron chi connectivity index (χ3n) is 1.59. The van der Waals surface area contributed by atoms with E-state index in [0.717, 1.165) is 0 Å². The standard InChI is InChI=1S/C6H8O3.CH2O2/c7-5-2-1-4(3-5)6(8)9;2-1-3/h4H,1-3H2,(H,8,9);1H,(H,2,3)/t4-;/m0./s1. The van der Waals surface area contributed by atoms with Gasteiger partial charge in [0.2, 0.25) is 0 Å². The molecule has 0 unspecified atom stereocenters. The quantitative estimate of drug-likeness (QED) is 0.551. The Morgan fingerprint density at radius 3 is 2.25 bits per heavy atom. The summed E-state index contributed by atoms with van der Waals surface area (Å²) in [7, 11) is 0. The SMILES string of the molecule is O=C1CC[C@H](C(=O)O)C1.O=CO. The molecular formula is C7H10O5. The summed E-state index contributed by atoms with van der Waals surface area (Å²) in [4.78, 5) is 29.1. The first kappa shape index (κ1) is 10.6. The Bertz CT molecular complexity index is 186. The Hall–Kier alpha value is -1.39. The molecule has 0 heterocycles. The number of rotatable bonds is 1. The lowest BCUT2D eigenvalue weighted by Crippen LogP contribution is -2.09. The van der Waals surface area contributed by atoms with Crippen LogP contribution in [0.2, 0.25) is 0 Å². The summed E-state index contributed by atoms with van der Waals surface area (Å²) < 4.78 is 0. The van der Waals surface area contributed by atoms with Gasteiger partial charge >= 0.3 is 5.97 Å². The summed E-state index contributed by atoms with van der Waals surface area (Å²) in [6, 6.07) is 0. The van der Waals surface area contributed by atoms with Crippen molar-refractivity contribution in [2.45, 2.75) is 19.3 Å². The van der Waals surface area contributed by atoms with E-state index in [1.54, 1.807) is 0 Å². The zero-order chi connectivity index (χ0) is 9.56. The van der Waals surface area contributed by atoms with Crippen LogP contribution in [0, 0.1) is 5.92 Å². The molecule has 1 fully saturated rings. The lowest BCUT2D eigenvalue weighted by atomic mass is 10.1. The monoisotopic (exact) mass is 174 g/mol. The van der Waals surface area contributed by atoms with Crippen LogP contribution >= 0.6 is 0 Å². The van der Waals surface area contributed by atoms with E-state index < -0.39 is 11.9 Å². The van der Waals surface area contributed by atoms with Crippen molar-refractivity contribution in [3.8, 4) is 0 Å². The summed E-state index contributed by atoms with van der Waals surface area (Å²) >= 11 is 0. The minimum absolute atomic E-state index is 0.0856. The number of carbonyl (C=O) groups is 3. The number of carboxylic acids is 1. The molecule has 0 aromatic carbocycles. The number of ketones is 1. The van der Waals surface area contributed by atoms with Gasteiger partial charge in [-0.15, -0.1) is 0 Å². The molecule has 1 saturated carbocycles. The largest absolute Gasteiger partial charge is 0.483 e. The van der Waals surface area contributed by atoms with Gasteiger partial charge in [-0.05, 0) is 6.42 Å². The van der Waals surface area contributed by atoms with E-state index in [-0.39, 0.29) is 18.7 Å². The Labute approximate surface area is 69.0 Å². The lowest BCUT2D eigenvalue weighted by molar-refractivity contribution is -0.142. The number of hydrogen-bond acceptors (Lipinski definition) is 3. The number of aliphatic carboxylic acids is 1. The first-order valence-electron chi connectivity index (χ1n) is 3.44. The van der Waals surface area contributed by atoms with Gasteiger partial charge in [0.25, 0.3) is 6.47 Å². The van der Waals surface area contributed by atoms with Crippen LogP contribution < -0.4 is 0 Å². The molecule has 0 saturated heterocycles. The maximum atomic E-state index is 10.5. The minimum Gasteiger partial charge on any atom is -0.483 e. The zero-order valence-electron chi connectivity index (χ0n) is 6.40. The van der Waals surface area contributed by atoms with Gasteiger partial charge < -0.3 is 10.2 Å². The summed E-state index contributed by atoms with van der Waals surface area (Å²) in [5, 5.41) is 15.3. The molecule has 5 nitrogen and oxygen atoms in total. The summed E-state index contributed by atoms with van der Waals surface area (Å²) in [5.74, 6) is -1.14. The minimum atomic E-state index is -0.833. The summed E-state index contributed by atoms with van der Waals surface area (Å²) in [6.45, 7) is -0.250. The number of carbonyl (C=O) groups excluding carboxylic acids is 1. The van der Waals surface area contributed by atoms with Crippen molar-refractivity contribution in [2.75, 3.05) is 0 Å². The van der Waals surface area contributed by atoms with Crippen LogP contribution in [0.5, 0.6) is 0 Å². The molecule has 1 atom stereocenters. The molecule has 0 radical (unpaired) electrons. The molecule has 0 bridgehead atoms. The molecule has 0 amide bonds. The average Bonchev–Trinajstić information content (AvgIpc) is 2.37. The van der Waals surface area contributed by atoms with Crippen molar-refractivity contribution in [2.24, 2.45) is 5.92 Å². The molecule has 5 heteroatoms. The molecule has 1 aliphatic carbocycles. The predicted octanol–water partition coefficient (Wildman–Crippen LogP) is 0.141. The molecule has 0 aromatic rings. The van der Waals surface area contributed by atoms with E-state index in [4.69, 9.17) is 15.0 Å². The fraction of sp³-hybridized carbons (Fsp3) is 0.571. The summed E-state index contributed by atoms with van der Waals surface area (Å²) in [5.41, 5.74) is 0. The molecule has 0 spiro atoms. The Balaban J connectivity index is 0.000000354. The van der Waals surface area contributed by atoms with E-state index in [1.165, 1.54) is 0 Å². The molecular weight excluding hydrogens is 164 g/mol. The highest BCUT2D eigenvalue weighted by Crippen LogP contribution is 2.21. The van der Waals surface area contributed by atoms with Gasteiger partial charge in [-0.25, -0.2) is 0 Å². The highest BCUT2D eigenvalue weighted by atomic mass is 16.4. The summed E-state index contributed by atoms with van der Waals surface area (Å²) in [6.07, 6.45) is 1.24. The second-order valence-corrected chi connectivity index (χ2v) is 2.42. The number of Topliss-reactive ketones (excluding diaryl/α,β-unsaturated/α-hetero) is 1. The number of carboxylic acid groups (broad SMARTS) is 2. The molecule has 1 rings (SSSR count). The molecule has 12 heavy (non-hydrogen) atoms. The maximum absolute atomic E-state index is 10.5. The lowest BCUT2D eigenvalue weighted by Gasteiger charge is -1.96. The second kappa shape index (κ2) is 5.29. The first-order valence-corrected chi connectivity index (χ1v) is 3.44. The molecule has 0 aromatic heterocycles. The Morgan fingerprint density at radius 1 is 1.58 bits per heavy atom. The van der Waals surface area contributed by atoms with Crippen LogP contribution in [0.3, 0.4) is 0 Å². The molecule has 68 valence electrons. The van der Waals surface area contributed by atoms with Gasteiger partial charge in [0.05, 0.1) is 5.92 Å².